The zero-order valence-corrected chi connectivity index (χ0v) is 11.4. The molecule has 0 saturated heterocycles. The molecule has 0 amide bonds. The number of halogens is 3. The van der Waals surface area contributed by atoms with Crippen LogP contribution in [-0.4, -0.2) is 18.4 Å². The summed E-state index contributed by atoms with van der Waals surface area (Å²) in [6, 6.07) is 3.56. The first-order valence-electron chi connectivity index (χ1n) is 5.53. The van der Waals surface area contributed by atoms with E-state index in [1.165, 1.54) is 6.92 Å². The van der Waals surface area contributed by atoms with E-state index in [-0.39, 0.29) is 31.0 Å². The fourth-order valence-corrected chi connectivity index (χ4v) is 1.31. The summed E-state index contributed by atoms with van der Waals surface area (Å²) in [5, 5.41) is 11.6. The van der Waals surface area contributed by atoms with Gasteiger partial charge in [-0.15, -0.1) is 0 Å². The maximum atomic E-state index is 12.5. The SMILES string of the molecule is CCOC(=O)C(=O)C=C([O-])c1cccc(C(F)(F)F)c1.[Li+]. The second-order valence-electron chi connectivity index (χ2n) is 3.67. The Morgan fingerprint density at radius 3 is 2.48 bits per heavy atom. The summed E-state index contributed by atoms with van der Waals surface area (Å²) in [5.41, 5.74) is -1.35. The van der Waals surface area contributed by atoms with E-state index < -0.39 is 29.3 Å². The first kappa shape index (κ1) is 19.3. The summed E-state index contributed by atoms with van der Waals surface area (Å²) in [6.07, 6.45) is -4.19. The standard InChI is InChI=1S/C13H11F3O4.Li/c1-2-20-12(19)11(18)7-10(17)8-4-3-5-9(6-8)13(14,15)16;/h3-7,17H,2H2,1H3;/q;+1/p-1. The molecule has 0 spiro atoms. The molecule has 0 heterocycles. The predicted octanol–water partition coefficient (Wildman–Crippen LogP) is -1.46. The van der Waals surface area contributed by atoms with Crippen LogP contribution in [0.15, 0.2) is 30.3 Å². The molecular weight excluding hydrogens is 284 g/mol. The number of esters is 1. The number of ether oxygens (including phenoxy) is 1. The van der Waals surface area contributed by atoms with Gasteiger partial charge in [0, 0.05) is 0 Å². The van der Waals surface area contributed by atoms with Crippen LogP contribution in [0.5, 0.6) is 0 Å². The molecule has 0 fully saturated rings. The van der Waals surface area contributed by atoms with Crippen molar-refractivity contribution >= 4 is 17.5 Å². The predicted molar refractivity (Wildman–Crippen MR) is 61.1 cm³/mol. The minimum absolute atomic E-state index is 0. The minimum atomic E-state index is -4.60. The Balaban J connectivity index is 0.00000400. The van der Waals surface area contributed by atoms with Gasteiger partial charge in [0.2, 0.25) is 0 Å². The molecular formula is C13H10F3LiO4. The average molecular weight is 294 g/mol. The molecule has 0 aliphatic carbocycles. The summed E-state index contributed by atoms with van der Waals surface area (Å²) in [7, 11) is 0. The van der Waals surface area contributed by atoms with Crippen molar-refractivity contribution in [1.82, 2.24) is 0 Å². The van der Waals surface area contributed by atoms with Crippen molar-refractivity contribution in [2.45, 2.75) is 13.1 Å². The molecule has 0 aliphatic rings. The van der Waals surface area contributed by atoms with E-state index in [2.05, 4.69) is 4.74 Å². The van der Waals surface area contributed by atoms with E-state index in [9.17, 15) is 27.9 Å². The van der Waals surface area contributed by atoms with Crippen LogP contribution >= 0.6 is 0 Å². The molecule has 0 aliphatic heterocycles. The molecule has 108 valence electrons. The zero-order chi connectivity index (χ0) is 15.3. The average Bonchev–Trinajstić information content (AvgIpc) is 2.38. The van der Waals surface area contributed by atoms with E-state index in [1.807, 2.05) is 0 Å². The number of hydrogen-bond acceptors (Lipinski definition) is 4. The van der Waals surface area contributed by atoms with Crippen molar-refractivity contribution in [3.05, 3.63) is 41.5 Å². The second kappa shape index (κ2) is 7.91. The van der Waals surface area contributed by atoms with Gasteiger partial charge in [0.05, 0.1) is 12.2 Å². The first-order valence-corrected chi connectivity index (χ1v) is 5.53. The van der Waals surface area contributed by atoms with Crippen LogP contribution in [0.2, 0.25) is 0 Å². The summed E-state index contributed by atoms with van der Waals surface area (Å²) in [5.74, 6) is -3.43. The zero-order valence-electron chi connectivity index (χ0n) is 11.4. The van der Waals surface area contributed by atoms with E-state index in [1.54, 1.807) is 0 Å². The van der Waals surface area contributed by atoms with E-state index in [0.29, 0.717) is 12.1 Å². The molecule has 1 aromatic rings. The fraction of sp³-hybridized carbons (Fsp3) is 0.231. The molecule has 0 aromatic heterocycles. The van der Waals surface area contributed by atoms with Gasteiger partial charge in [0.1, 0.15) is 0 Å². The molecule has 0 radical (unpaired) electrons. The van der Waals surface area contributed by atoms with E-state index >= 15 is 0 Å². The largest absolute Gasteiger partial charge is 1.00 e. The Kier molecular flexibility index (Phi) is 7.26. The van der Waals surface area contributed by atoms with Crippen molar-refractivity contribution in [1.29, 1.82) is 0 Å². The van der Waals surface area contributed by atoms with Gasteiger partial charge in [-0.05, 0) is 30.7 Å². The van der Waals surface area contributed by atoms with Gasteiger partial charge in [-0.25, -0.2) is 4.79 Å². The van der Waals surface area contributed by atoms with Crippen molar-refractivity contribution in [2.24, 2.45) is 0 Å². The van der Waals surface area contributed by atoms with Gasteiger partial charge in [-0.2, -0.15) is 13.2 Å². The summed E-state index contributed by atoms with van der Waals surface area (Å²) < 4.78 is 41.7. The Bertz CT molecular complexity index is 553. The van der Waals surface area contributed by atoms with Crippen LogP contribution in [0.3, 0.4) is 0 Å². The molecule has 0 atom stereocenters. The normalized spacial score (nSPS) is 11.5. The van der Waals surface area contributed by atoms with Crippen molar-refractivity contribution < 1.29 is 51.5 Å². The number of carbonyl (C=O) groups is 2. The van der Waals surface area contributed by atoms with Gasteiger partial charge in [0.25, 0.3) is 5.78 Å². The van der Waals surface area contributed by atoms with Crippen LogP contribution in [0.4, 0.5) is 13.2 Å². The maximum absolute atomic E-state index is 12.5. The first-order chi connectivity index (χ1) is 9.25. The number of carbonyl (C=O) groups excluding carboxylic acids is 2. The van der Waals surface area contributed by atoms with Gasteiger partial charge >= 0.3 is 31.0 Å². The van der Waals surface area contributed by atoms with Crippen molar-refractivity contribution in [2.75, 3.05) is 6.61 Å². The van der Waals surface area contributed by atoms with Crippen LogP contribution in [0, 0.1) is 0 Å². The summed E-state index contributed by atoms with van der Waals surface area (Å²) in [6.45, 7) is 1.43. The third kappa shape index (κ3) is 5.66. The van der Waals surface area contributed by atoms with Crippen LogP contribution in [0.1, 0.15) is 18.1 Å². The number of benzene rings is 1. The number of alkyl halides is 3. The quantitative estimate of drug-likeness (QED) is 0.224. The molecule has 0 bridgehead atoms. The Hall–Kier alpha value is -1.71. The third-order valence-corrected chi connectivity index (χ3v) is 2.21. The van der Waals surface area contributed by atoms with E-state index in [4.69, 9.17) is 0 Å². The Morgan fingerprint density at radius 2 is 1.95 bits per heavy atom. The third-order valence-electron chi connectivity index (χ3n) is 2.21. The van der Waals surface area contributed by atoms with E-state index in [0.717, 1.165) is 18.2 Å². The molecule has 1 aromatic carbocycles. The van der Waals surface area contributed by atoms with Crippen LogP contribution in [0.25, 0.3) is 5.76 Å². The summed E-state index contributed by atoms with van der Waals surface area (Å²) >= 11 is 0. The molecule has 21 heavy (non-hydrogen) atoms. The Labute approximate surface area is 130 Å². The molecule has 8 heteroatoms. The maximum Gasteiger partial charge on any atom is 1.00 e. The van der Waals surface area contributed by atoms with Crippen LogP contribution in [-0.2, 0) is 20.5 Å². The summed E-state index contributed by atoms with van der Waals surface area (Å²) in [4.78, 5) is 22.2. The molecule has 1 rings (SSSR count). The van der Waals surface area contributed by atoms with Crippen LogP contribution < -0.4 is 24.0 Å². The number of rotatable bonds is 4. The smallest absolute Gasteiger partial charge is 0.872 e. The number of hydrogen-bond donors (Lipinski definition) is 0. The van der Waals surface area contributed by atoms with Gasteiger partial charge < -0.3 is 9.84 Å². The molecule has 0 N–H and O–H groups in total. The fourth-order valence-electron chi connectivity index (χ4n) is 1.31. The van der Waals surface area contributed by atoms with Crippen molar-refractivity contribution in [3.8, 4) is 0 Å². The monoisotopic (exact) mass is 294 g/mol. The van der Waals surface area contributed by atoms with Gasteiger partial charge in [-0.1, -0.05) is 17.9 Å². The van der Waals surface area contributed by atoms with Gasteiger partial charge in [-0.3, -0.25) is 4.79 Å². The molecule has 4 nitrogen and oxygen atoms in total. The second-order valence-corrected chi connectivity index (χ2v) is 3.67. The molecule has 0 unspecified atom stereocenters. The topological polar surface area (TPSA) is 66.4 Å². The van der Waals surface area contributed by atoms with Crippen molar-refractivity contribution in [3.63, 3.8) is 0 Å². The molecule has 0 saturated carbocycles. The number of ketones is 1. The Morgan fingerprint density at radius 1 is 1.33 bits per heavy atom. The van der Waals surface area contributed by atoms with Gasteiger partial charge in [0.15, 0.2) is 0 Å². The minimum Gasteiger partial charge on any atom is -0.872 e.